The van der Waals surface area contributed by atoms with Crippen molar-refractivity contribution >= 4 is 98.5 Å². The fourth-order valence-corrected chi connectivity index (χ4v) is 23.6. The summed E-state index contributed by atoms with van der Waals surface area (Å²) in [5.74, 6) is 3.86. The van der Waals surface area contributed by atoms with Crippen LogP contribution in [0, 0.1) is 0 Å². The summed E-state index contributed by atoms with van der Waals surface area (Å²) < 4.78 is 14.7. The van der Waals surface area contributed by atoms with E-state index in [9.17, 15) is 0 Å². The molecular formula is C138H94N10O2. The van der Waals surface area contributed by atoms with Crippen LogP contribution >= 0.6 is 0 Å². The van der Waals surface area contributed by atoms with Crippen molar-refractivity contribution in [2.45, 2.75) is 57.8 Å². The van der Waals surface area contributed by atoms with Crippen molar-refractivity contribution in [2.24, 2.45) is 0 Å². The summed E-state index contributed by atoms with van der Waals surface area (Å²) in [6.45, 7) is 14.0. The van der Waals surface area contributed by atoms with Gasteiger partial charge in [0.15, 0.2) is 23.3 Å². The third-order valence-corrected chi connectivity index (χ3v) is 31.0. The van der Waals surface area contributed by atoms with Crippen molar-refractivity contribution in [3.8, 4) is 163 Å². The number of para-hydroxylation sites is 9. The van der Waals surface area contributed by atoms with Crippen LogP contribution in [0.15, 0.2) is 470 Å². The van der Waals surface area contributed by atoms with Gasteiger partial charge in [0.2, 0.25) is 0 Å². The normalized spacial score (nSPS) is 13.2. The molecule has 0 radical (unpaired) electrons. The molecule has 0 amide bonds. The third kappa shape index (κ3) is 14.6. The maximum Gasteiger partial charge on any atom is 0.161 e. The van der Waals surface area contributed by atoms with Gasteiger partial charge in [-0.2, -0.15) is 0 Å². The number of imidazole rings is 1. The van der Waals surface area contributed by atoms with Gasteiger partial charge >= 0.3 is 0 Å². The van der Waals surface area contributed by atoms with Crippen molar-refractivity contribution in [3.63, 3.8) is 0 Å². The molecule has 0 spiro atoms. The van der Waals surface area contributed by atoms with E-state index in [1.165, 1.54) is 83.5 Å². The summed E-state index contributed by atoms with van der Waals surface area (Å²) in [7, 11) is 0. The van der Waals surface area contributed by atoms with Crippen LogP contribution < -0.4 is 0 Å². The van der Waals surface area contributed by atoms with Crippen LogP contribution in [0.2, 0.25) is 0 Å². The van der Waals surface area contributed by atoms with Crippen LogP contribution in [-0.4, -0.2) is 49.4 Å². The van der Waals surface area contributed by atoms with E-state index in [2.05, 4.69) is 434 Å². The van der Waals surface area contributed by atoms with Gasteiger partial charge < -0.3 is 8.83 Å². The SMILES string of the molecule is CC1(C)c2cc(-c3ccc4oc5ccccc5c4c3)ccc2-c2c(-c3nc(-c4cccc5oc6ccccc6c45)c4ccccc4n3)cccc21.CC1(C)c2cc(-c3cccc(-c4nc5ccccc5n4-c4ccccc4)c3)ccc2-c2c(-c3nc(-c4ccccc4)c4ccccc4n3)cccc21.CC1(C)c2cc(-c3nc(-c4ccccc4)nc4ccccc34)ccc2-c2c(-c3nc(-c4ccccc4)c4ccccc4n3)cccc21. The maximum absolute atomic E-state index is 6.29. The van der Waals surface area contributed by atoms with E-state index in [1.807, 2.05) is 72.8 Å². The summed E-state index contributed by atoms with van der Waals surface area (Å²) in [5.41, 5.74) is 42.7. The number of fused-ring (bicyclic) bond motifs is 20. The Balaban J connectivity index is 0.000000108. The highest BCUT2D eigenvalue weighted by Gasteiger charge is 2.42. The largest absolute Gasteiger partial charge is 0.456 e. The van der Waals surface area contributed by atoms with Crippen LogP contribution in [0.25, 0.3) is 262 Å². The molecule has 0 unspecified atom stereocenters. The van der Waals surface area contributed by atoms with Gasteiger partial charge in [0, 0.05) is 115 Å². The lowest BCUT2D eigenvalue weighted by Crippen LogP contribution is -2.15. The van der Waals surface area contributed by atoms with Crippen molar-refractivity contribution in [1.82, 2.24) is 49.4 Å². The molecule has 12 nitrogen and oxygen atoms in total. The fourth-order valence-electron chi connectivity index (χ4n) is 23.6. The zero-order chi connectivity index (χ0) is 100. The minimum Gasteiger partial charge on any atom is -0.456 e. The van der Waals surface area contributed by atoms with Gasteiger partial charge in [-0.15, -0.1) is 0 Å². The van der Waals surface area contributed by atoms with Gasteiger partial charge in [0.25, 0.3) is 0 Å². The second-order valence-electron chi connectivity index (χ2n) is 40.9. The molecular weight excluding hydrogens is 1830 g/mol. The van der Waals surface area contributed by atoms with E-state index < -0.39 is 0 Å². The number of hydrogen-bond donors (Lipinski definition) is 0. The molecule has 0 N–H and O–H groups in total. The van der Waals surface area contributed by atoms with E-state index in [0.29, 0.717) is 0 Å². The molecule has 27 aromatic rings. The molecule has 3 aliphatic rings. The van der Waals surface area contributed by atoms with Crippen LogP contribution in [0.1, 0.15) is 74.9 Å². The maximum atomic E-state index is 6.29. The summed E-state index contributed by atoms with van der Waals surface area (Å²) in [6, 6.07) is 162. The first-order chi connectivity index (χ1) is 73.6. The molecule has 0 saturated heterocycles. The number of aromatic nitrogens is 10. The zero-order valence-corrected chi connectivity index (χ0v) is 83.2. The fraction of sp³-hybridized carbons (Fsp3) is 0.0652. The van der Waals surface area contributed by atoms with Gasteiger partial charge in [0.1, 0.15) is 28.2 Å². The molecule has 20 aromatic carbocycles. The van der Waals surface area contributed by atoms with Crippen LogP contribution in [-0.2, 0) is 16.2 Å². The number of nitrogens with zero attached hydrogens (tertiary/aromatic N) is 10. The zero-order valence-electron chi connectivity index (χ0n) is 83.2. The van der Waals surface area contributed by atoms with Gasteiger partial charge in [0.05, 0.1) is 55.9 Å². The molecule has 12 heteroatoms. The molecule has 7 aromatic heterocycles. The standard InChI is InChI=1S/C48H34N4.C47H30N2O2.C43H30N4/c1-48(2)39-23-14-22-38(46-49-41-24-10-9-21-37(41)45(51-46)31-15-5-3-6-16-31)44(39)36-28-27-33(30-40(36)48)32-17-13-18-34(29-32)47-50-42-25-11-12-26-43(42)52(47)35-19-7-4-8-20-35;1-47(2)36-16-9-15-34(43(36)30-23-21-28(26-37(30)47)27-22-24-41-35(25-27)29-11-4-7-18-39(29)50-41)46-48-38-17-6-3-12-31(38)45(49-46)33-14-10-20-42-44(33)32-13-5-8-19-40(32)51-42;1-43(2)34-21-13-20-33(42-45-37-23-12-9-18-31(37)39(47-42)27-14-5-3-6-15-27)38(34)30-25-24-29(26-35(30)43)40-32-19-10-11-22-36(32)44-41(46-40)28-16-7-4-8-17-28/h3-30H,1-2H3;3-26H,1-2H3;3-26H,1-2H3. The Kier molecular flexibility index (Phi) is 20.7. The first-order valence-electron chi connectivity index (χ1n) is 51.2. The molecule has 0 atom stereocenters. The summed E-state index contributed by atoms with van der Waals surface area (Å²) in [5, 5.41) is 8.58. The molecule has 7 heterocycles. The molecule has 0 saturated carbocycles. The quantitative estimate of drug-likeness (QED) is 0.115. The average Bonchev–Trinajstić information content (AvgIpc) is 1.56. The molecule has 30 rings (SSSR count). The van der Waals surface area contributed by atoms with Crippen molar-refractivity contribution in [3.05, 3.63) is 494 Å². The highest BCUT2D eigenvalue weighted by Crippen LogP contribution is 2.58. The second-order valence-corrected chi connectivity index (χ2v) is 40.9. The van der Waals surface area contributed by atoms with Gasteiger partial charge in [-0.25, -0.2) is 44.9 Å². The molecule has 0 fully saturated rings. The van der Waals surface area contributed by atoms with E-state index in [1.54, 1.807) is 0 Å². The molecule has 0 aliphatic heterocycles. The van der Waals surface area contributed by atoms with Crippen LogP contribution in [0.4, 0.5) is 0 Å². The highest BCUT2D eigenvalue weighted by atomic mass is 16.3. The number of hydrogen-bond acceptors (Lipinski definition) is 11. The average molecular weight is 1920 g/mol. The predicted molar refractivity (Wildman–Crippen MR) is 613 cm³/mol. The minimum absolute atomic E-state index is 0.214. The molecule has 708 valence electrons. The first kappa shape index (κ1) is 88.5. The topological polar surface area (TPSA) is 147 Å². The Bertz CT molecular complexity index is 10200. The lowest BCUT2D eigenvalue weighted by molar-refractivity contribution is 0.660. The number of benzene rings is 20. The monoisotopic (exact) mass is 1920 g/mol. The number of furan rings is 2. The van der Waals surface area contributed by atoms with E-state index >= 15 is 0 Å². The van der Waals surface area contributed by atoms with Gasteiger partial charge in [-0.05, 0) is 192 Å². The predicted octanol–water partition coefficient (Wildman–Crippen LogP) is 35.2. The van der Waals surface area contributed by atoms with E-state index in [0.717, 1.165) is 212 Å². The molecule has 150 heavy (non-hydrogen) atoms. The Hall–Kier alpha value is -19.2. The summed E-state index contributed by atoms with van der Waals surface area (Å²) in [6.07, 6.45) is 0. The third-order valence-electron chi connectivity index (χ3n) is 31.0. The van der Waals surface area contributed by atoms with Crippen LogP contribution in [0.3, 0.4) is 0 Å². The van der Waals surface area contributed by atoms with Gasteiger partial charge in [-0.3, -0.25) is 4.57 Å². The Morgan fingerprint density at radius 3 is 1.04 bits per heavy atom. The minimum atomic E-state index is -0.235. The summed E-state index contributed by atoms with van der Waals surface area (Å²) >= 11 is 0. The lowest BCUT2D eigenvalue weighted by atomic mass is 9.81. The summed E-state index contributed by atoms with van der Waals surface area (Å²) in [4.78, 5) is 46.7. The van der Waals surface area contributed by atoms with Crippen molar-refractivity contribution < 1.29 is 8.83 Å². The highest BCUT2D eigenvalue weighted by molar-refractivity contribution is 6.15. The van der Waals surface area contributed by atoms with E-state index in [4.69, 9.17) is 53.7 Å². The Labute approximate surface area is 866 Å². The van der Waals surface area contributed by atoms with Crippen LogP contribution in [0.5, 0.6) is 0 Å². The smallest absolute Gasteiger partial charge is 0.161 e. The van der Waals surface area contributed by atoms with Crippen molar-refractivity contribution in [1.29, 1.82) is 0 Å². The Morgan fingerprint density at radius 1 is 0.187 bits per heavy atom. The van der Waals surface area contributed by atoms with Crippen molar-refractivity contribution in [2.75, 3.05) is 0 Å². The van der Waals surface area contributed by atoms with Gasteiger partial charge in [-0.1, -0.05) is 399 Å². The van der Waals surface area contributed by atoms with E-state index in [-0.39, 0.29) is 16.2 Å². The second kappa shape index (κ2) is 35.1. The lowest BCUT2D eigenvalue weighted by Gasteiger charge is -2.22. The Morgan fingerprint density at radius 2 is 0.520 bits per heavy atom. The molecule has 0 bridgehead atoms. The molecule has 3 aliphatic carbocycles. The number of rotatable bonds is 12. The first-order valence-corrected chi connectivity index (χ1v) is 51.2.